The molecule has 7 nitrogen and oxygen atoms in total. The van der Waals surface area contributed by atoms with Crippen molar-refractivity contribution in [1.29, 1.82) is 0 Å². The lowest BCUT2D eigenvalue weighted by Gasteiger charge is -2.30. The summed E-state index contributed by atoms with van der Waals surface area (Å²) in [5.74, 6) is 3.15. The Morgan fingerprint density at radius 1 is 1.10 bits per heavy atom. The third-order valence-electron chi connectivity index (χ3n) is 6.18. The Labute approximate surface area is 187 Å². The quantitative estimate of drug-likeness (QED) is 0.348. The standard InChI is InChI=1S/C24H39N7/c1-4-30(5-2)21(20-13-8-6-9-14-20)19-27-24(25-3)26-17-12-16-23-29-28-22-15-10-7-11-18-31(22)23/h6,8-9,13-14,21H,4-5,7,10-12,15-19H2,1-3H3,(H2,25,26,27). The first kappa shape index (κ1) is 23.3. The van der Waals surface area contributed by atoms with Crippen LogP contribution in [0.15, 0.2) is 35.3 Å². The van der Waals surface area contributed by atoms with Gasteiger partial charge in [-0.05, 0) is 37.9 Å². The van der Waals surface area contributed by atoms with Crippen LogP contribution in [-0.2, 0) is 19.4 Å². The maximum Gasteiger partial charge on any atom is 0.191 e. The van der Waals surface area contributed by atoms with Crippen molar-refractivity contribution in [3.63, 3.8) is 0 Å². The number of likely N-dealkylation sites (N-methyl/N-ethyl adjacent to an activating group) is 1. The Bertz CT molecular complexity index is 796. The zero-order valence-electron chi connectivity index (χ0n) is 19.5. The molecule has 1 aliphatic heterocycles. The van der Waals surface area contributed by atoms with Crippen LogP contribution in [-0.4, -0.2) is 58.9 Å². The highest BCUT2D eigenvalue weighted by Gasteiger charge is 2.18. The fraction of sp³-hybridized carbons (Fsp3) is 0.625. The summed E-state index contributed by atoms with van der Waals surface area (Å²) in [5.41, 5.74) is 1.33. The van der Waals surface area contributed by atoms with Crippen LogP contribution in [0.2, 0.25) is 0 Å². The second-order valence-electron chi connectivity index (χ2n) is 8.13. The Balaban J connectivity index is 1.48. The summed E-state index contributed by atoms with van der Waals surface area (Å²) in [6.07, 6.45) is 6.79. The van der Waals surface area contributed by atoms with E-state index in [0.717, 1.165) is 63.8 Å². The van der Waals surface area contributed by atoms with Gasteiger partial charge in [-0.1, -0.05) is 50.6 Å². The summed E-state index contributed by atoms with van der Waals surface area (Å²) in [6.45, 7) is 9.24. The minimum atomic E-state index is 0.321. The summed E-state index contributed by atoms with van der Waals surface area (Å²) in [7, 11) is 1.84. The minimum Gasteiger partial charge on any atom is -0.356 e. The van der Waals surface area contributed by atoms with E-state index in [-0.39, 0.29) is 0 Å². The third-order valence-corrected chi connectivity index (χ3v) is 6.18. The van der Waals surface area contributed by atoms with E-state index in [4.69, 9.17) is 0 Å². The molecule has 7 heteroatoms. The number of aryl methyl sites for hydroxylation is 2. The fourth-order valence-corrected chi connectivity index (χ4v) is 4.39. The van der Waals surface area contributed by atoms with E-state index in [1.165, 1.54) is 30.7 Å². The largest absolute Gasteiger partial charge is 0.356 e. The van der Waals surface area contributed by atoms with Crippen molar-refractivity contribution >= 4 is 5.96 Å². The minimum absolute atomic E-state index is 0.321. The number of hydrogen-bond acceptors (Lipinski definition) is 4. The van der Waals surface area contributed by atoms with E-state index in [1.54, 1.807) is 0 Å². The lowest BCUT2D eigenvalue weighted by atomic mass is 10.1. The molecule has 0 saturated heterocycles. The number of nitrogens with zero attached hydrogens (tertiary/aromatic N) is 5. The highest BCUT2D eigenvalue weighted by Crippen LogP contribution is 2.19. The summed E-state index contributed by atoms with van der Waals surface area (Å²) in [5, 5.41) is 15.9. The molecule has 0 bridgehead atoms. The molecule has 3 rings (SSSR count). The van der Waals surface area contributed by atoms with E-state index in [9.17, 15) is 0 Å². The van der Waals surface area contributed by atoms with E-state index in [0.29, 0.717) is 6.04 Å². The summed E-state index contributed by atoms with van der Waals surface area (Å²) in [4.78, 5) is 6.90. The maximum absolute atomic E-state index is 4.44. The van der Waals surface area contributed by atoms with Crippen LogP contribution in [0, 0.1) is 0 Å². The molecule has 1 aromatic heterocycles. The Hall–Kier alpha value is -2.41. The lowest BCUT2D eigenvalue weighted by Crippen LogP contribution is -2.43. The molecule has 1 unspecified atom stereocenters. The average molecular weight is 426 g/mol. The van der Waals surface area contributed by atoms with Gasteiger partial charge in [-0.15, -0.1) is 10.2 Å². The van der Waals surface area contributed by atoms with Gasteiger partial charge in [0.05, 0.1) is 6.04 Å². The van der Waals surface area contributed by atoms with Gasteiger partial charge in [0.25, 0.3) is 0 Å². The first-order chi connectivity index (χ1) is 15.3. The molecule has 1 aliphatic rings. The lowest BCUT2D eigenvalue weighted by molar-refractivity contribution is 0.219. The Morgan fingerprint density at radius 2 is 1.90 bits per heavy atom. The topological polar surface area (TPSA) is 70.4 Å². The number of rotatable bonds is 10. The van der Waals surface area contributed by atoms with Gasteiger partial charge in [0, 0.05) is 39.5 Å². The molecule has 2 aromatic rings. The molecule has 1 atom stereocenters. The second kappa shape index (κ2) is 12.4. The molecule has 2 heterocycles. The molecule has 1 aromatic carbocycles. The number of nitrogens with one attached hydrogen (secondary N) is 2. The molecular formula is C24H39N7. The van der Waals surface area contributed by atoms with Crippen LogP contribution in [0.25, 0.3) is 0 Å². The van der Waals surface area contributed by atoms with Crippen molar-refractivity contribution in [2.45, 2.75) is 65.0 Å². The molecule has 170 valence electrons. The Kier molecular flexibility index (Phi) is 9.34. The van der Waals surface area contributed by atoms with E-state index < -0.39 is 0 Å². The first-order valence-corrected chi connectivity index (χ1v) is 11.9. The summed E-state index contributed by atoms with van der Waals surface area (Å²) >= 11 is 0. The van der Waals surface area contributed by atoms with Gasteiger partial charge in [-0.3, -0.25) is 9.89 Å². The van der Waals surface area contributed by atoms with E-state index >= 15 is 0 Å². The fourth-order valence-electron chi connectivity index (χ4n) is 4.39. The molecule has 0 fully saturated rings. The normalized spacial score (nSPS) is 15.4. The maximum atomic E-state index is 4.44. The van der Waals surface area contributed by atoms with Crippen molar-refractivity contribution in [2.24, 2.45) is 4.99 Å². The van der Waals surface area contributed by atoms with Crippen LogP contribution < -0.4 is 10.6 Å². The van der Waals surface area contributed by atoms with Crippen LogP contribution in [0.4, 0.5) is 0 Å². The molecule has 0 spiro atoms. The van der Waals surface area contributed by atoms with Gasteiger partial charge in [-0.25, -0.2) is 0 Å². The zero-order chi connectivity index (χ0) is 21.9. The number of fused-ring (bicyclic) bond motifs is 1. The summed E-state index contributed by atoms with van der Waals surface area (Å²) < 4.78 is 2.34. The summed E-state index contributed by atoms with van der Waals surface area (Å²) in [6, 6.07) is 11.0. The smallest absolute Gasteiger partial charge is 0.191 e. The van der Waals surface area contributed by atoms with Gasteiger partial charge in [-0.2, -0.15) is 0 Å². The van der Waals surface area contributed by atoms with Crippen molar-refractivity contribution in [3.8, 4) is 0 Å². The first-order valence-electron chi connectivity index (χ1n) is 11.9. The van der Waals surface area contributed by atoms with Crippen molar-refractivity contribution in [2.75, 3.05) is 33.2 Å². The second-order valence-corrected chi connectivity index (χ2v) is 8.13. The molecule has 0 amide bonds. The van der Waals surface area contributed by atoms with Crippen LogP contribution in [0.5, 0.6) is 0 Å². The highest BCUT2D eigenvalue weighted by molar-refractivity contribution is 5.79. The predicted molar refractivity (Wildman–Crippen MR) is 127 cm³/mol. The van der Waals surface area contributed by atoms with Gasteiger partial charge in [0.1, 0.15) is 11.6 Å². The van der Waals surface area contributed by atoms with Gasteiger partial charge in [0.2, 0.25) is 0 Å². The monoisotopic (exact) mass is 425 g/mol. The van der Waals surface area contributed by atoms with E-state index in [1.807, 2.05) is 7.05 Å². The third kappa shape index (κ3) is 6.53. The predicted octanol–water partition coefficient (Wildman–Crippen LogP) is 3.19. The molecule has 31 heavy (non-hydrogen) atoms. The van der Waals surface area contributed by atoms with Crippen molar-refractivity contribution < 1.29 is 0 Å². The van der Waals surface area contributed by atoms with Crippen LogP contribution >= 0.6 is 0 Å². The van der Waals surface area contributed by atoms with Crippen LogP contribution in [0.3, 0.4) is 0 Å². The number of aromatic nitrogens is 3. The Morgan fingerprint density at radius 3 is 2.65 bits per heavy atom. The molecule has 2 N–H and O–H groups in total. The molecule has 0 saturated carbocycles. The SMILES string of the molecule is CCN(CC)C(CNC(=NC)NCCCc1nnc2n1CCCCC2)c1ccccc1. The van der Waals surface area contributed by atoms with Gasteiger partial charge in [0.15, 0.2) is 5.96 Å². The average Bonchev–Trinajstić information content (AvgIpc) is 3.03. The van der Waals surface area contributed by atoms with E-state index in [2.05, 4.69) is 79.5 Å². The van der Waals surface area contributed by atoms with Gasteiger partial charge < -0.3 is 15.2 Å². The van der Waals surface area contributed by atoms with Crippen molar-refractivity contribution in [3.05, 3.63) is 47.5 Å². The number of hydrogen-bond donors (Lipinski definition) is 2. The molecular weight excluding hydrogens is 386 g/mol. The number of aliphatic imine (C=N–C) groups is 1. The highest BCUT2D eigenvalue weighted by atomic mass is 15.3. The van der Waals surface area contributed by atoms with Gasteiger partial charge >= 0.3 is 0 Å². The number of guanidine groups is 1. The zero-order valence-corrected chi connectivity index (χ0v) is 19.5. The van der Waals surface area contributed by atoms with Crippen molar-refractivity contribution in [1.82, 2.24) is 30.3 Å². The number of benzene rings is 1. The molecule has 0 radical (unpaired) electrons. The van der Waals surface area contributed by atoms with Crippen LogP contribution in [0.1, 0.15) is 62.8 Å². The molecule has 0 aliphatic carbocycles.